The number of anilines is 1. The average Bonchev–Trinajstić information content (AvgIpc) is 2.45. The molecule has 0 unspecified atom stereocenters. The highest BCUT2D eigenvalue weighted by molar-refractivity contribution is 5.90. The van der Waals surface area contributed by atoms with Crippen molar-refractivity contribution in [2.24, 2.45) is 0 Å². The predicted octanol–water partition coefficient (Wildman–Crippen LogP) is 4.46. The molecule has 0 saturated carbocycles. The maximum atomic E-state index is 13.2. The molecular formula is C17H18F2N2O. The molecule has 22 heavy (non-hydrogen) atoms. The third-order valence-corrected chi connectivity index (χ3v) is 3.42. The van der Waals surface area contributed by atoms with E-state index in [0.717, 1.165) is 23.3 Å². The lowest BCUT2D eigenvalue weighted by molar-refractivity contribution is 0.249. The van der Waals surface area contributed by atoms with Crippen LogP contribution in [-0.2, 0) is 0 Å². The van der Waals surface area contributed by atoms with Crippen molar-refractivity contribution < 1.29 is 13.6 Å². The van der Waals surface area contributed by atoms with Crippen molar-refractivity contribution in [2.75, 3.05) is 5.32 Å². The van der Waals surface area contributed by atoms with Gasteiger partial charge in [0, 0.05) is 5.69 Å². The van der Waals surface area contributed by atoms with Crippen LogP contribution < -0.4 is 10.6 Å². The van der Waals surface area contributed by atoms with Gasteiger partial charge >= 0.3 is 6.03 Å². The first-order valence-corrected chi connectivity index (χ1v) is 6.96. The van der Waals surface area contributed by atoms with Crippen LogP contribution in [0.4, 0.5) is 19.3 Å². The molecule has 0 heterocycles. The minimum Gasteiger partial charge on any atom is -0.331 e. The lowest BCUT2D eigenvalue weighted by atomic mass is 10.1. The summed E-state index contributed by atoms with van der Waals surface area (Å²) in [7, 11) is 0. The molecule has 1 atom stereocenters. The highest BCUT2D eigenvalue weighted by atomic mass is 19.2. The number of nitrogens with one attached hydrogen (secondary N) is 2. The summed E-state index contributed by atoms with van der Waals surface area (Å²) < 4.78 is 26.1. The second kappa shape index (κ2) is 6.56. The van der Waals surface area contributed by atoms with E-state index < -0.39 is 23.7 Å². The summed E-state index contributed by atoms with van der Waals surface area (Å²) in [5, 5.41) is 5.44. The average molecular weight is 304 g/mol. The molecule has 116 valence electrons. The van der Waals surface area contributed by atoms with Crippen molar-refractivity contribution in [3.63, 3.8) is 0 Å². The van der Waals surface area contributed by atoms with Crippen molar-refractivity contribution in [1.82, 2.24) is 5.32 Å². The minimum absolute atomic E-state index is 0.399. The van der Waals surface area contributed by atoms with Gasteiger partial charge in [-0.3, -0.25) is 0 Å². The second-order valence-corrected chi connectivity index (χ2v) is 5.31. The Morgan fingerprint density at radius 3 is 2.41 bits per heavy atom. The van der Waals surface area contributed by atoms with Gasteiger partial charge in [-0.25, -0.2) is 13.6 Å². The monoisotopic (exact) mass is 304 g/mol. The molecule has 5 heteroatoms. The maximum absolute atomic E-state index is 13.2. The fourth-order valence-electron chi connectivity index (χ4n) is 2.17. The van der Waals surface area contributed by atoms with Gasteiger partial charge in [0.05, 0.1) is 6.04 Å². The standard InChI is InChI=1S/C17H18F2N2O/c1-10-4-7-16(11(2)8-10)21-17(22)20-12(3)13-5-6-14(18)15(19)9-13/h4-9,12H,1-3H3,(H2,20,21,22)/t12-/m0/s1. The minimum atomic E-state index is -0.930. The van der Waals surface area contributed by atoms with Crippen LogP contribution in [0.5, 0.6) is 0 Å². The zero-order chi connectivity index (χ0) is 16.3. The Kier molecular flexibility index (Phi) is 4.75. The van der Waals surface area contributed by atoms with Crippen molar-refractivity contribution >= 4 is 11.7 Å². The number of halogens is 2. The summed E-state index contributed by atoms with van der Waals surface area (Å²) in [6, 6.07) is 8.43. The third-order valence-electron chi connectivity index (χ3n) is 3.42. The van der Waals surface area contributed by atoms with Crippen molar-refractivity contribution in [2.45, 2.75) is 26.8 Å². The fourth-order valence-corrected chi connectivity index (χ4v) is 2.17. The number of hydrogen-bond donors (Lipinski definition) is 2. The number of amides is 2. The molecule has 2 aromatic rings. The molecule has 0 aliphatic carbocycles. The molecule has 2 rings (SSSR count). The fraction of sp³-hybridized carbons (Fsp3) is 0.235. The number of benzene rings is 2. The molecule has 2 aromatic carbocycles. The highest BCUT2D eigenvalue weighted by Gasteiger charge is 2.12. The molecule has 0 bridgehead atoms. The number of rotatable bonds is 3. The van der Waals surface area contributed by atoms with Gasteiger partial charge < -0.3 is 10.6 Å². The normalized spacial score (nSPS) is 11.9. The number of urea groups is 1. The lowest BCUT2D eigenvalue weighted by Crippen LogP contribution is -2.31. The van der Waals surface area contributed by atoms with Gasteiger partial charge in [-0.15, -0.1) is 0 Å². The van der Waals surface area contributed by atoms with Gasteiger partial charge in [-0.1, -0.05) is 23.8 Å². The summed E-state index contributed by atoms with van der Waals surface area (Å²) in [6.07, 6.45) is 0. The molecule has 0 radical (unpaired) electrons. The zero-order valence-corrected chi connectivity index (χ0v) is 12.7. The van der Waals surface area contributed by atoms with Crippen LogP contribution in [-0.4, -0.2) is 6.03 Å². The first-order chi connectivity index (χ1) is 10.4. The topological polar surface area (TPSA) is 41.1 Å². The summed E-state index contributed by atoms with van der Waals surface area (Å²) in [4.78, 5) is 12.0. The molecule has 0 aromatic heterocycles. The van der Waals surface area contributed by atoms with Crippen LogP contribution in [0.3, 0.4) is 0 Å². The molecule has 2 amide bonds. The van der Waals surface area contributed by atoms with E-state index in [2.05, 4.69) is 10.6 Å². The van der Waals surface area contributed by atoms with Crippen molar-refractivity contribution in [1.29, 1.82) is 0 Å². The van der Waals surface area contributed by atoms with E-state index in [-0.39, 0.29) is 0 Å². The van der Waals surface area contributed by atoms with E-state index >= 15 is 0 Å². The lowest BCUT2D eigenvalue weighted by Gasteiger charge is -2.16. The van der Waals surface area contributed by atoms with Gasteiger partial charge in [0.25, 0.3) is 0 Å². The Bertz CT molecular complexity index is 701. The molecule has 0 spiro atoms. The third kappa shape index (κ3) is 3.81. The summed E-state index contributed by atoms with van der Waals surface area (Å²) in [6.45, 7) is 5.58. The largest absolute Gasteiger partial charge is 0.331 e. The van der Waals surface area contributed by atoms with E-state index in [1.165, 1.54) is 6.07 Å². The van der Waals surface area contributed by atoms with Gasteiger partial charge in [0.2, 0.25) is 0 Å². The van der Waals surface area contributed by atoms with Crippen LogP contribution in [0.1, 0.15) is 29.7 Å². The summed E-state index contributed by atoms with van der Waals surface area (Å²) in [5.74, 6) is -1.84. The zero-order valence-electron chi connectivity index (χ0n) is 12.7. The maximum Gasteiger partial charge on any atom is 0.319 e. The van der Waals surface area contributed by atoms with Crippen LogP contribution in [0.2, 0.25) is 0 Å². The van der Waals surface area contributed by atoms with Gasteiger partial charge in [0.1, 0.15) is 0 Å². The molecule has 0 aliphatic heterocycles. The van der Waals surface area contributed by atoms with E-state index in [1.807, 2.05) is 32.0 Å². The van der Waals surface area contributed by atoms with E-state index in [4.69, 9.17) is 0 Å². The Morgan fingerprint density at radius 2 is 1.77 bits per heavy atom. The molecule has 0 fully saturated rings. The van der Waals surface area contributed by atoms with Crippen LogP contribution in [0.15, 0.2) is 36.4 Å². The molecular weight excluding hydrogens is 286 g/mol. The first-order valence-electron chi connectivity index (χ1n) is 6.96. The number of hydrogen-bond acceptors (Lipinski definition) is 1. The Morgan fingerprint density at radius 1 is 1.05 bits per heavy atom. The second-order valence-electron chi connectivity index (χ2n) is 5.31. The molecule has 0 aliphatic rings. The van der Waals surface area contributed by atoms with Crippen molar-refractivity contribution in [3.05, 3.63) is 64.7 Å². The van der Waals surface area contributed by atoms with Gasteiger partial charge in [-0.2, -0.15) is 0 Å². The summed E-state index contributed by atoms with van der Waals surface area (Å²) >= 11 is 0. The van der Waals surface area contributed by atoms with Crippen molar-refractivity contribution in [3.8, 4) is 0 Å². The summed E-state index contributed by atoms with van der Waals surface area (Å²) in [5.41, 5.74) is 3.27. The Labute approximate surface area is 128 Å². The number of carbonyl (C=O) groups excluding carboxylic acids is 1. The number of aryl methyl sites for hydroxylation is 2. The van der Waals surface area contributed by atoms with Crippen LogP contribution >= 0.6 is 0 Å². The smallest absolute Gasteiger partial charge is 0.319 e. The van der Waals surface area contributed by atoms with Gasteiger partial charge in [0.15, 0.2) is 11.6 Å². The Balaban J connectivity index is 2.03. The Hall–Kier alpha value is -2.43. The van der Waals surface area contributed by atoms with Crippen LogP contribution in [0.25, 0.3) is 0 Å². The quantitative estimate of drug-likeness (QED) is 0.863. The molecule has 3 nitrogen and oxygen atoms in total. The van der Waals surface area contributed by atoms with Gasteiger partial charge in [-0.05, 0) is 50.1 Å². The van der Waals surface area contributed by atoms with E-state index in [9.17, 15) is 13.6 Å². The molecule has 2 N–H and O–H groups in total. The van der Waals surface area contributed by atoms with Crippen LogP contribution in [0, 0.1) is 25.5 Å². The first kappa shape index (κ1) is 15.9. The van der Waals surface area contributed by atoms with E-state index in [0.29, 0.717) is 11.3 Å². The number of carbonyl (C=O) groups is 1. The SMILES string of the molecule is Cc1ccc(NC(=O)N[C@@H](C)c2ccc(F)c(F)c2)c(C)c1. The highest BCUT2D eigenvalue weighted by Crippen LogP contribution is 2.18. The van der Waals surface area contributed by atoms with E-state index in [1.54, 1.807) is 6.92 Å². The predicted molar refractivity (Wildman–Crippen MR) is 82.8 cm³/mol. The molecule has 0 saturated heterocycles.